The normalized spacial score (nSPS) is 11.1. The minimum Gasteiger partial charge on any atom is -0.493 e. The molecule has 4 nitrogen and oxygen atoms in total. The molecule has 0 unspecified atom stereocenters. The van der Waals surface area contributed by atoms with Crippen molar-refractivity contribution in [2.45, 2.75) is 19.4 Å². The average molecular weight is 481 g/mol. The largest absolute Gasteiger partial charge is 0.493 e. The molecule has 5 rings (SSSR count). The molecular formula is C30H28N2O2S. The van der Waals surface area contributed by atoms with Crippen molar-refractivity contribution in [3.05, 3.63) is 114 Å². The second kappa shape index (κ2) is 10.7. The van der Waals surface area contributed by atoms with Gasteiger partial charge in [0.1, 0.15) is 11.4 Å². The average Bonchev–Trinajstić information content (AvgIpc) is 3.20. The summed E-state index contributed by atoms with van der Waals surface area (Å²) in [6.07, 6.45) is 3.44. The third-order valence-corrected chi connectivity index (χ3v) is 6.64. The summed E-state index contributed by atoms with van der Waals surface area (Å²) in [6, 6.07) is 33.0. The number of aromatic nitrogens is 1. The van der Waals surface area contributed by atoms with Gasteiger partial charge in [0.2, 0.25) is 0 Å². The first-order chi connectivity index (χ1) is 17.3. The number of para-hydroxylation sites is 1. The highest BCUT2D eigenvalue weighted by Crippen LogP contribution is 2.30. The molecule has 4 aromatic carbocycles. The van der Waals surface area contributed by atoms with E-state index in [2.05, 4.69) is 51.8 Å². The molecule has 35 heavy (non-hydrogen) atoms. The number of ether oxygens (including phenoxy) is 1. The molecule has 5 aromatic rings. The molecule has 0 saturated heterocycles. The molecular weight excluding hydrogens is 452 g/mol. The van der Waals surface area contributed by atoms with Gasteiger partial charge in [0.25, 0.3) is 5.91 Å². The molecule has 1 heterocycles. The van der Waals surface area contributed by atoms with Gasteiger partial charge >= 0.3 is 0 Å². The first kappa shape index (κ1) is 23.1. The van der Waals surface area contributed by atoms with Crippen LogP contribution in [0.25, 0.3) is 21.7 Å². The number of hydrogen-bond acceptors (Lipinski definition) is 3. The lowest BCUT2D eigenvalue weighted by Gasteiger charge is -2.13. The van der Waals surface area contributed by atoms with Gasteiger partial charge in [-0.2, -0.15) is 0 Å². The van der Waals surface area contributed by atoms with Crippen molar-refractivity contribution in [3.63, 3.8) is 0 Å². The van der Waals surface area contributed by atoms with Gasteiger partial charge in [0, 0.05) is 29.1 Å². The van der Waals surface area contributed by atoms with Crippen molar-refractivity contribution in [1.29, 1.82) is 0 Å². The van der Waals surface area contributed by atoms with E-state index in [-0.39, 0.29) is 5.91 Å². The van der Waals surface area contributed by atoms with Crippen LogP contribution in [0, 0.1) is 0 Å². The van der Waals surface area contributed by atoms with E-state index in [9.17, 15) is 4.79 Å². The lowest BCUT2D eigenvalue weighted by molar-refractivity contribution is 0.0975. The van der Waals surface area contributed by atoms with Crippen LogP contribution in [0.15, 0.2) is 97.1 Å². The summed E-state index contributed by atoms with van der Waals surface area (Å²) in [6.45, 7) is 1.22. The lowest BCUT2D eigenvalue weighted by Crippen LogP contribution is -2.22. The van der Waals surface area contributed by atoms with Crippen LogP contribution in [0.4, 0.5) is 0 Å². The number of benzene rings is 4. The van der Waals surface area contributed by atoms with Crippen LogP contribution in [-0.4, -0.2) is 23.3 Å². The zero-order valence-electron chi connectivity index (χ0n) is 19.7. The van der Waals surface area contributed by atoms with Crippen molar-refractivity contribution >= 4 is 39.5 Å². The Morgan fingerprint density at radius 2 is 1.57 bits per heavy atom. The SMILES string of the molecule is CSNC(=O)c1c(CCCOc2cccc3ccccc23)c2ccccc2n1Cc1ccccc1. The van der Waals surface area contributed by atoms with Crippen molar-refractivity contribution in [2.75, 3.05) is 12.9 Å². The summed E-state index contributed by atoms with van der Waals surface area (Å²) in [5, 5.41) is 3.42. The minimum absolute atomic E-state index is 0.0606. The van der Waals surface area contributed by atoms with Gasteiger partial charge in [-0.25, -0.2) is 0 Å². The maximum atomic E-state index is 13.3. The van der Waals surface area contributed by atoms with E-state index in [0.717, 1.165) is 51.7 Å². The van der Waals surface area contributed by atoms with Crippen LogP contribution in [0.5, 0.6) is 5.75 Å². The third-order valence-electron chi connectivity index (χ3n) is 6.25. The van der Waals surface area contributed by atoms with Gasteiger partial charge in [-0.1, -0.05) is 96.9 Å². The number of amides is 1. The molecule has 0 fully saturated rings. The molecule has 0 radical (unpaired) electrons. The molecule has 0 aliphatic rings. The van der Waals surface area contributed by atoms with Crippen LogP contribution in [0.3, 0.4) is 0 Å². The zero-order valence-corrected chi connectivity index (χ0v) is 20.6. The monoisotopic (exact) mass is 480 g/mol. The minimum atomic E-state index is -0.0606. The number of nitrogens with zero attached hydrogens (tertiary/aromatic N) is 1. The number of rotatable bonds is 9. The molecule has 1 aromatic heterocycles. The molecule has 1 N–H and O–H groups in total. The molecule has 0 aliphatic carbocycles. The zero-order chi connectivity index (χ0) is 24.0. The Morgan fingerprint density at radius 3 is 2.40 bits per heavy atom. The summed E-state index contributed by atoms with van der Waals surface area (Å²) >= 11 is 1.33. The van der Waals surface area contributed by atoms with Gasteiger partial charge in [0.15, 0.2) is 0 Å². The smallest absolute Gasteiger partial charge is 0.278 e. The Labute approximate surface area is 210 Å². The first-order valence-electron chi connectivity index (χ1n) is 11.8. The highest BCUT2D eigenvalue weighted by molar-refractivity contribution is 7.97. The summed E-state index contributed by atoms with van der Waals surface area (Å²) in [5.41, 5.74) is 4.05. The van der Waals surface area contributed by atoms with Crippen LogP contribution in [0.2, 0.25) is 0 Å². The van der Waals surface area contributed by atoms with Crippen LogP contribution < -0.4 is 9.46 Å². The molecule has 1 amide bonds. The highest BCUT2D eigenvalue weighted by Gasteiger charge is 2.22. The number of aryl methyl sites for hydroxylation is 1. The number of hydrogen-bond donors (Lipinski definition) is 1. The van der Waals surface area contributed by atoms with Gasteiger partial charge < -0.3 is 9.30 Å². The second-order valence-electron chi connectivity index (χ2n) is 8.48. The van der Waals surface area contributed by atoms with Crippen molar-refractivity contribution < 1.29 is 9.53 Å². The Morgan fingerprint density at radius 1 is 0.857 bits per heavy atom. The predicted octanol–water partition coefficient (Wildman–Crippen LogP) is 6.86. The van der Waals surface area contributed by atoms with E-state index in [1.165, 1.54) is 17.3 Å². The summed E-state index contributed by atoms with van der Waals surface area (Å²) < 4.78 is 11.3. The van der Waals surface area contributed by atoms with E-state index >= 15 is 0 Å². The Kier molecular flexibility index (Phi) is 7.05. The molecule has 176 valence electrons. The third kappa shape index (κ3) is 4.91. The molecule has 0 atom stereocenters. The Balaban J connectivity index is 1.43. The number of carbonyl (C=O) groups is 1. The van der Waals surface area contributed by atoms with Gasteiger partial charge in [-0.15, -0.1) is 0 Å². The number of fused-ring (bicyclic) bond motifs is 2. The second-order valence-corrected chi connectivity index (χ2v) is 9.09. The van der Waals surface area contributed by atoms with Crippen molar-refractivity contribution in [2.24, 2.45) is 0 Å². The fraction of sp³-hybridized carbons (Fsp3) is 0.167. The van der Waals surface area contributed by atoms with Crippen LogP contribution in [-0.2, 0) is 13.0 Å². The Hall–Kier alpha value is -3.70. The van der Waals surface area contributed by atoms with Crippen molar-refractivity contribution in [1.82, 2.24) is 9.29 Å². The maximum absolute atomic E-state index is 13.3. The first-order valence-corrected chi connectivity index (χ1v) is 13.1. The van der Waals surface area contributed by atoms with E-state index in [4.69, 9.17) is 4.74 Å². The van der Waals surface area contributed by atoms with E-state index < -0.39 is 0 Å². The molecule has 0 bridgehead atoms. The van der Waals surface area contributed by atoms with E-state index in [0.29, 0.717) is 13.2 Å². The van der Waals surface area contributed by atoms with E-state index in [1.54, 1.807) is 0 Å². The van der Waals surface area contributed by atoms with Crippen LogP contribution in [0.1, 0.15) is 28.0 Å². The van der Waals surface area contributed by atoms with Crippen molar-refractivity contribution in [3.8, 4) is 5.75 Å². The van der Waals surface area contributed by atoms with Crippen LogP contribution >= 0.6 is 11.9 Å². The quantitative estimate of drug-likeness (QED) is 0.185. The summed E-state index contributed by atoms with van der Waals surface area (Å²) in [4.78, 5) is 13.3. The Bertz CT molecular complexity index is 1450. The predicted molar refractivity (Wildman–Crippen MR) is 146 cm³/mol. The maximum Gasteiger partial charge on any atom is 0.278 e. The topological polar surface area (TPSA) is 43.3 Å². The summed E-state index contributed by atoms with van der Waals surface area (Å²) in [5.74, 6) is 0.838. The fourth-order valence-corrected chi connectivity index (χ4v) is 4.99. The molecule has 0 saturated carbocycles. The molecule has 5 heteroatoms. The van der Waals surface area contributed by atoms with Gasteiger partial charge in [-0.05, 0) is 41.5 Å². The molecule has 0 aliphatic heterocycles. The number of nitrogens with one attached hydrogen (secondary N) is 1. The fourth-order valence-electron chi connectivity index (χ4n) is 4.71. The highest BCUT2D eigenvalue weighted by atomic mass is 32.2. The lowest BCUT2D eigenvalue weighted by atomic mass is 10.1. The van der Waals surface area contributed by atoms with Gasteiger partial charge in [0.05, 0.1) is 6.61 Å². The standard InChI is InChI=1S/C30H28N2O2S/c1-35-31-30(33)29-26(17-10-20-34-28-19-9-14-23-13-5-6-15-24(23)28)25-16-7-8-18-27(25)32(29)21-22-11-3-2-4-12-22/h2-9,11-16,18-19H,10,17,20-21H2,1H3,(H,31,33). The summed E-state index contributed by atoms with van der Waals surface area (Å²) in [7, 11) is 0. The molecule has 0 spiro atoms. The van der Waals surface area contributed by atoms with Gasteiger partial charge in [-0.3, -0.25) is 9.52 Å². The number of carbonyl (C=O) groups excluding carboxylic acids is 1. The van der Waals surface area contributed by atoms with E-state index in [1.807, 2.05) is 60.9 Å².